The fourth-order valence-electron chi connectivity index (χ4n) is 3.73. The molecule has 2 aliphatic heterocycles. The minimum absolute atomic E-state index is 0.264. The van der Waals surface area contributed by atoms with Gasteiger partial charge in [-0.15, -0.1) is 11.8 Å². The Morgan fingerprint density at radius 3 is 2.59 bits per heavy atom. The van der Waals surface area contributed by atoms with E-state index in [9.17, 15) is 25.2 Å². The van der Waals surface area contributed by atoms with Crippen LogP contribution in [0.15, 0.2) is 11.6 Å². The minimum atomic E-state index is -1.43. The van der Waals surface area contributed by atoms with Gasteiger partial charge in [-0.1, -0.05) is 18.6 Å². The van der Waals surface area contributed by atoms with E-state index in [-0.39, 0.29) is 11.9 Å². The van der Waals surface area contributed by atoms with Crippen molar-refractivity contribution in [1.29, 1.82) is 0 Å². The maximum absolute atomic E-state index is 12.8. The number of hydrogen-bond acceptors (Lipinski definition) is 8. The molecule has 0 aromatic heterocycles. The number of nitrogens with zero attached hydrogens (tertiary/aromatic N) is 1. The molecule has 0 saturated carbocycles. The van der Waals surface area contributed by atoms with Crippen LogP contribution in [0.5, 0.6) is 0 Å². The number of carbonyl (C=O) groups excluding carboxylic acids is 1. The highest BCUT2D eigenvalue weighted by Crippen LogP contribution is 2.30. The van der Waals surface area contributed by atoms with E-state index in [4.69, 9.17) is 4.74 Å². The van der Waals surface area contributed by atoms with E-state index in [1.807, 2.05) is 18.9 Å². The molecule has 0 unspecified atom stereocenters. The molecule has 5 N–H and O–H groups in total. The number of amides is 1. The zero-order valence-electron chi connectivity index (χ0n) is 16.3. The summed E-state index contributed by atoms with van der Waals surface area (Å²) in [6.45, 7) is 4.26. The standard InChI is InChI=1S/C18H32N2O6S/c1-5-6-10-7-11(20(3)8-10)17(25)19-12(9(2)21)16-14(23)13(22)15(24)18(26-16)27-4/h6,9,11-16,18,21-24H,5,7-8H2,1-4H3,(H,19,25)/b10-6+/t9-,11+,12-,13+,14-,15-,16-,18-/m1/s1. The van der Waals surface area contributed by atoms with E-state index >= 15 is 0 Å². The molecule has 0 aliphatic carbocycles. The number of hydrogen-bond donors (Lipinski definition) is 5. The van der Waals surface area contributed by atoms with E-state index in [0.717, 1.165) is 6.42 Å². The van der Waals surface area contributed by atoms with Gasteiger partial charge in [-0.25, -0.2) is 0 Å². The zero-order chi connectivity index (χ0) is 20.3. The van der Waals surface area contributed by atoms with Crippen LogP contribution in [-0.2, 0) is 9.53 Å². The van der Waals surface area contributed by atoms with Crippen LogP contribution in [0, 0.1) is 0 Å². The summed E-state index contributed by atoms with van der Waals surface area (Å²) in [6, 6.07) is -1.28. The molecule has 156 valence electrons. The second-order valence-corrected chi connectivity index (χ2v) is 8.29. The number of rotatable bonds is 6. The van der Waals surface area contributed by atoms with Crippen molar-refractivity contribution >= 4 is 17.7 Å². The van der Waals surface area contributed by atoms with Crippen molar-refractivity contribution in [2.75, 3.05) is 19.8 Å². The smallest absolute Gasteiger partial charge is 0.238 e. The van der Waals surface area contributed by atoms with Gasteiger partial charge in [0.15, 0.2) is 0 Å². The van der Waals surface area contributed by atoms with Gasteiger partial charge in [0, 0.05) is 6.54 Å². The molecule has 27 heavy (non-hydrogen) atoms. The summed E-state index contributed by atoms with van der Waals surface area (Å²) in [5, 5.41) is 43.5. The molecule has 8 nitrogen and oxygen atoms in total. The van der Waals surface area contributed by atoms with E-state index in [1.165, 1.54) is 24.3 Å². The summed E-state index contributed by atoms with van der Waals surface area (Å²) in [7, 11) is 1.87. The lowest BCUT2D eigenvalue weighted by Gasteiger charge is -2.44. The number of ether oxygens (including phenoxy) is 1. The molecule has 0 radical (unpaired) electrons. The predicted molar refractivity (Wildman–Crippen MR) is 103 cm³/mol. The molecule has 8 atom stereocenters. The van der Waals surface area contributed by atoms with Crippen LogP contribution in [0.4, 0.5) is 0 Å². The average Bonchev–Trinajstić information content (AvgIpc) is 2.99. The van der Waals surface area contributed by atoms with Crippen LogP contribution in [0.3, 0.4) is 0 Å². The maximum atomic E-state index is 12.8. The van der Waals surface area contributed by atoms with Crippen LogP contribution in [0.1, 0.15) is 26.7 Å². The molecule has 1 amide bonds. The monoisotopic (exact) mass is 404 g/mol. The van der Waals surface area contributed by atoms with Crippen LogP contribution >= 0.6 is 11.8 Å². The molecule has 9 heteroatoms. The minimum Gasteiger partial charge on any atom is -0.391 e. The Labute approximate surface area is 164 Å². The zero-order valence-corrected chi connectivity index (χ0v) is 17.1. The third kappa shape index (κ3) is 5.03. The number of allylic oxidation sites excluding steroid dienone is 1. The SMILES string of the molecule is CC/C=C1\C[C@@H](C(=O)N[C@@H]([C@H]2O[C@H](SC)[C@H](O)[C@@H](O)[C@H]2O)[C@@H](C)O)N(C)C1. The summed E-state index contributed by atoms with van der Waals surface area (Å²) in [5.74, 6) is -0.264. The summed E-state index contributed by atoms with van der Waals surface area (Å²) in [4.78, 5) is 14.8. The first kappa shape index (κ1) is 22.6. The first-order valence-corrected chi connectivity index (χ1v) is 10.6. The Morgan fingerprint density at radius 2 is 2.04 bits per heavy atom. The Morgan fingerprint density at radius 1 is 1.37 bits per heavy atom. The summed E-state index contributed by atoms with van der Waals surface area (Å²) < 4.78 is 5.71. The molecule has 2 rings (SSSR count). The fraction of sp³-hybridized carbons (Fsp3) is 0.833. The van der Waals surface area contributed by atoms with Crippen molar-refractivity contribution in [3.8, 4) is 0 Å². The van der Waals surface area contributed by atoms with Crippen molar-refractivity contribution < 1.29 is 30.0 Å². The molecular weight excluding hydrogens is 372 g/mol. The van der Waals surface area contributed by atoms with Crippen LogP contribution in [0.2, 0.25) is 0 Å². The number of aliphatic hydroxyl groups is 4. The second-order valence-electron chi connectivity index (χ2n) is 7.36. The van der Waals surface area contributed by atoms with Gasteiger partial charge in [0.25, 0.3) is 0 Å². The number of likely N-dealkylation sites (tertiary alicyclic amines) is 1. The lowest BCUT2D eigenvalue weighted by atomic mass is 9.92. The molecule has 2 aliphatic rings. The molecule has 0 aromatic carbocycles. The number of aliphatic hydroxyl groups excluding tert-OH is 4. The van der Waals surface area contributed by atoms with Crippen molar-refractivity contribution in [3.63, 3.8) is 0 Å². The number of carbonyl (C=O) groups is 1. The Hall–Kier alpha value is -0.680. The topological polar surface area (TPSA) is 122 Å². The fourth-order valence-corrected chi connectivity index (χ4v) is 4.41. The molecule has 0 bridgehead atoms. The largest absolute Gasteiger partial charge is 0.391 e. The number of thioether (sulfide) groups is 1. The highest BCUT2D eigenvalue weighted by atomic mass is 32.2. The number of likely N-dealkylation sites (N-methyl/N-ethyl adjacent to an activating group) is 1. The van der Waals surface area contributed by atoms with Crippen molar-refractivity contribution in [2.24, 2.45) is 0 Å². The maximum Gasteiger partial charge on any atom is 0.238 e. The van der Waals surface area contributed by atoms with Gasteiger partial charge in [-0.3, -0.25) is 9.69 Å². The first-order chi connectivity index (χ1) is 12.7. The molecule has 0 spiro atoms. The molecule has 2 fully saturated rings. The van der Waals surface area contributed by atoms with E-state index in [1.54, 1.807) is 6.26 Å². The third-order valence-electron chi connectivity index (χ3n) is 5.26. The van der Waals surface area contributed by atoms with Crippen LogP contribution < -0.4 is 5.32 Å². The third-order valence-corrected chi connectivity index (χ3v) is 6.11. The van der Waals surface area contributed by atoms with Gasteiger partial charge in [0.1, 0.15) is 29.9 Å². The van der Waals surface area contributed by atoms with Gasteiger partial charge in [0.2, 0.25) is 5.91 Å². The Kier molecular flexibility index (Phi) is 8.11. The van der Waals surface area contributed by atoms with Crippen LogP contribution in [-0.4, -0.2) is 99.1 Å². The normalized spacial score (nSPS) is 38.7. The number of nitrogens with one attached hydrogen (secondary N) is 1. The quantitative estimate of drug-likeness (QED) is 0.360. The van der Waals surface area contributed by atoms with Crippen molar-refractivity contribution in [2.45, 2.75) is 74.7 Å². The lowest BCUT2D eigenvalue weighted by molar-refractivity contribution is -0.211. The average molecular weight is 405 g/mol. The van der Waals surface area contributed by atoms with E-state index < -0.39 is 42.0 Å². The van der Waals surface area contributed by atoms with E-state index in [2.05, 4.69) is 11.4 Å². The summed E-state index contributed by atoms with van der Waals surface area (Å²) >= 11 is 1.19. The Balaban J connectivity index is 2.13. The van der Waals surface area contributed by atoms with Gasteiger partial charge in [0.05, 0.1) is 18.2 Å². The molecule has 0 aromatic rings. The Bertz CT molecular complexity index is 544. The summed E-state index contributed by atoms with van der Waals surface area (Å²) in [5.41, 5.74) is 0.434. The van der Waals surface area contributed by atoms with Gasteiger partial charge in [-0.05, 0) is 33.1 Å². The van der Waals surface area contributed by atoms with E-state index in [0.29, 0.717) is 13.0 Å². The summed E-state index contributed by atoms with van der Waals surface area (Å²) in [6.07, 6.45) is -0.812. The predicted octanol–water partition coefficient (Wildman–Crippen LogP) is -0.937. The van der Waals surface area contributed by atoms with Crippen molar-refractivity contribution in [1.82, 2.24) is 10.2 Å². The second kappa shape index (κ2) is 9.69. The van der Waals surface area contributed by atoms with Gasteiger partial charge >= 0.3 is 0 Å². The molecule has 2 heterocycles. The van der Waals surface area contributed by atoms with Gasteiger partial charge in [-0.2, -0.15) is 0 Å². The van der Waals surface area contributed by atoms with Crippen LogP contribution in [0.25, 0.3) is 0 Å². The highest BCUT2D eigenvalue weighted by Gasteiger charge is 2.48. The lowest BCUT2D eigenvalue weighted by Crippen LogP contribution is -2.65. The van der Waals surface area contributed by atoms with Crippen molar-refractivity contribution in [3.05, 3.63) is 11.6 Å². The highest BCUT2D eigenvalue weighted by molar-refractivity contribution is 7.99. The first-order valence-electron chi connectivity index (χ1n) is 9.30. The molecule has 2 saturated heterocycles. The van der Waals surface area contributed by atoms with Gasteiger partial charge < -0.3 is 30.5 Å². The molecular formula is C18H32N2O6S.